The van der Waals surface area contributed by atoms with Gasteiger partial charge in [0, 0.05) is 18.1 Å². The Morgan fingerprint density at radius 3 is 2.55 bits per heavy atom. The predicted molar refractivity (Wildman–Crippen MR) is 84.7 cm³/mol. The lowest BCUT2D eigenvalue weighted by molar-refractivity contribution is 0.217. The van der Waals surface area contributed by atoms with Gasteiger partial charge in [0.2, 0.25) is 0 Å². The molecule has 2 rings (SSSR count). The van der Waals surface area contributed by atoms with Crippen LogP contribution in [0.3, 0.4) is 0 Å². The monoisotopic (exact) mass is 309 g/mol. The van der Waals surface area contributed by atoms with Gasteiger partial charge in [0.1, 0.15) is 11.9 Å². The SMILES string of the molecule is CC(CNCc1ccccc1)Oc1ccc(Cl)cc1Cl. The smallest absolute Gasteiger partial charge is 0.138 e. The highest BCUT2D eigenvalue weighted by molar-refractivity contribution is 6.35. The van der Waals surface area contributed by atoms with Crippen molar-refractivity contribution >= 4 is 23.2 Å². The zero-order valence-electron chi connectivity index (χ0n) is 11.3. The van der Waals surface area contributed by atoms with Gasteiger partial charge in [-0.05, 0) is 30.7 Å². The average Bonchev–Trinajstić information content (AvgIpc) is 2.43. The van der Waals surface area contributed by atoms with Crippen molar-refractivity contribution in [3.8, 4) is 5.75 Å². The molecule has 0 aromatic heterocycles. The molecule has 2 aromatic carbocycles. The molecule has 0 radical (unpaired) electrons. The Hall–Kier alpha value is -1.22. The van der Waals surface area contributed by atoms with Crippen LogP contribution in [0.25, 0.3) is 0 Å². The summed E-state index contributed by atoms with van der Waals surface area (Å²) < 4.78 is 5.78. The molecule has 1 atom stereocenters. The maximum absolute atomic E-state index is 6.07. The first kappa shape index (κ1) is 15.2. The van der Waals surface area contributed by atoms with Crippen LogP contribution in [-0.4, -0.2) is 12.6 Å². The summed E-state index contributed by atoms with van der Waals surface area (Å²) in [6.45, 7) is 3.57. The van der Waals surface area contributed by atoms with E-state index in [1.54, 1.807) is 18.2 Å². The van der Waals surface area contributed by atoms with Gasteiger partial charge in [-0.1, -0.05) is 53.5 Å². The minimum Gasteiger partial charge on any atom is -0.488 e. The highest BCUT2D eigenvalue weighted by Crippen LogP contribution is 2.28. The van der Waals surface area contributed by atoms with E-state index in [-0.39, 0.29) is 6.10 Å². The molecule has 2 aromatic rings. The van der Waals surface area contributed by atoms with E-state index in [1.165, 1.54) is 5.56 Å². The number of ether oxygens (including phenoxy) is 1. The summed E-state index contributed by atoms with van der Waals surface area (Å²) in [7, 11) is 0. The summed E-state index contributed by atoms with van der Waals surface area (Å²) in [6, 6.07) is 15.5. The maximum Gasteiger partial charge on any atom is 0.138 e. The van der Waals surface area contributed by atoms with Gasteiger partial charge in [-0.3, -0.25) is 0 Å². The summed E-state index contributed by atoms with van der Waals surface area (Å²) in [5, 5.41) is 4.50. The molecular weight excluding hydrogens is 293 g/mol. The van der Waals surface area contributed by atoms with Crippen LogP contribution in [0.1, 0.15) is 12.5 Å². The number of hydrogen-bond acceptors (Lipinski definition) is 2. The normalized spacial score (nSPS) is 12.2. The van der Waals surface area contributed by atoms with Gasteiger partial charge < -0.3 is 10.1 Å². The van der Waals surface area contributed by atoms with Crippen molar-refractivity contribution in [1.82, 2.24) is 5.32 Å². The van der Waals surface area contributed by atoms with Crippen LogP contribution in [0.2, 0.25) is 10.0 Å². The highest BCUT2D eigenvalue weighted by atomic mass is 35.5. The van der Waals surface area contributed by atoms with Gasteiger partial charge in [-0.25, -0.2) is 0 Å². The highest BCUT2D eigenvalue weighted by Gasteiger charge is 2.07. The lowest BCUT2D eigenvalue weighted by Gasteiger charge is -2.16. The fourth-order valence-corrected chi connectivity index (χ4v) is 2.30. The molecule has 106 valence electrons. The van der Waals surface area contributed by atoms with Crippen LogP contribution in [0.5, 0.6) is 5.75 Å². The summed E-state index contributed by atoms with van der Waals surface area (Å²) in [4.78, 5) is 0. The van der Waals surface area contributed by atoms with E-state index in [1.807, 2.05) is 25.1 Å². The third kappa shape index (κ3) is 4.71. The van der Waals surface area contributed by atoms with Crippen molar-refractivity contribution in [2.75, 3.05) is 6.54 Å². The van der Waals surface area contributed by atoms with E-state index >= 15 is 0 Å². The first-order valence-electron chi connectivity index (χ1n) is 6.51. The standard InChI is InChI=1S/C16H17Cl2NO/c1-12(10-19-11-13-5-3-2-4-6-13)20-16-8-7-14(17)9-15(16)18/h2-9,12,19H,10-11H2,1H3. The molecule has 0 aliphatic heterocycles. The van der Waals surface area contributed by atoms with E-state index in [9.17, 15) is 0 Å². The van der Waals surface area contributed by atoms with Crippen LogP contribution in [-0.2, 0) is 6.54 Å². The third-order valence-electron chi connectivity index (χ3n) is 2.83. The van der Waals surface area contributed by atoms with Crippen molar-refractivity contribution in [3.63, 3.8) is 0 Å². The Morgan fingerprint density at radius 1 is 1.10 bits per heavy atom. The number of benzene rings is 2. The molecule has 1 unspecified atom stereocenters. The Morgan fingerprint density at radius 2 is 1.85 bits per heavy atom. The van der Waals surface area contributed by atoms with Crippen molar-refractivity contribution < 1.29 is 4.74 Å². The molecule has 0 aliphatic carbocycles. The van der Waals surface area contributed by atoms with E-state index < -0.39 is 0 Å². The summed E-state index contributed by atoms with van der Waals surface area (Å²) in [5.74, 6) is 0.657. The molecule has 0 fully saturated rings. The maximum atomic E-state index is 6.07. The van der Waals surface area contributed by atoms with Crippen molar-refractivity contribution in [1.29, 1.82) is 0 Å². The zero-order chi connectivity index (χ0) is 14.4. The van der Waals surface area contributed by atoms with Gasteiger partial charge >= 0.3 is 0 Å². The molecule has 0 saturated carbocycles. The van der Waals surface area contributed by atoms with E-state index in [2.05, 4.69) is 17.4 Å². The van der Waals surface area contributed by atoms with Crippen molar-refractivity contribution in [2.24, 2.45) is 0 Å². The molecule has 2 nitrogen and oxygen atoms in total. The van der Waals surface area contributed by atoms with E-state index in [0.29, 0.717) is 15.8 Å². The van der Waals surface area contributed by atoms with Gasteiger partial charge in [0.25, 0.3) is 0 Å². The lowest BCUT2D eigenvalue weighted by Crippen LogP contribution is -2.28. The van der Waals surface area contributed by atoms with Crippen LogP contribution in [0.15, 0.2) is 48.5 Å². The van der Waals surface area contributed by atoms with Gasteiger partial charge in [-0.15, -0.1) is 0 Å². The second-order valence-electron chi connectivity index (χ2n) is 4.62. The number of rotatable bonds is 6. The first-order chi connectivity index (χ1) is 9.65. The molecule has 0 amide bonds. The molecule has 0 bridgehead atoms. The molecule has 0 heterocycles. The topological polar surface area (TPSA) is 21.3 Å². The molecule has 0 saturated heterocycles. The Labute approximate surface area is 129 Å². The van der Waals surface area contributed by atoms with E-state index in [0.717, 1.165) is 13.1 Å². The third-order valence-corrected chi connectivity index (χ3v) is 3.36. The Bertz CT molecular complexity index is 545. The minimum atomic E-state index is 0.0254. The Balaban J connectivity index is 1.79. The minimum absolute atomic E-state index is 0.0254. The molecule has 4 heteroatoms. The van der Waals surface area contributed by atoms with Crippen molar-refractivity contribution in [3.05, 3.63) is 64.1 Å². The fourth-order valence-electron chi connectivity index (χ4n) is 1.84. The average molecular weight is 310 g/mol. The van der Waals surface area contributed by atoms with Crippen LogP contribution in [0, 0.1) is 0 Å². The first-order valence-corrected chi connectivity index (χ1v) is 7.27. The quantitative estimate of drug-likeness (QED) is 0.845. The fraction of sp³-hybridized carbons (Fsp3) is 0.250. The van der Waals surface area contributed by atoms with E-state index in [4.69, 9.17) is 27.9 Å². The second kappa shape index (κ2) is 7.53. The summed E-state index contributed by atoms with van der Waals surface area (Å²) in [6.07, 6.45) is 0.0254. The van der Waals surface area contributed by atoms with Crippen LogP contribution in [0.4, 0.5) is 0 Å². The largest absolute Gasteiger partial charge is 0.488 e. The zero-order valence-corrected chi connectivity index (χ0v) is 12.8. The lowest BCUT2D eigenvalue weighted by atomic mass is 10.2. The summed E-state index contributed by atoms with van der Waals surface area (Å²) >= 11 is 11.9. The number of hydrogen-bond donors (Lipinski definition) is 1. The van der Waals surface area contributed by atoms with Gasteiger partial charge in [0.05, 0.1) is 5.02 Å². The van der Waals surface area contributed by atoms with Crippen LogP contribution < -0.4 is 10.1 Å². The van der Waals surface area contributed by atoms with Gasteiger partial charge in [-0.2, -0.15) is 0 Å². The Kier molecular flexibility index (Phi) is 5.72. The molecule has 0 aliphatic rings. The molecular formula is C16H17Cl2NO. The number of nitrogens with one attached hydrogen (secondary N) is 1. The molecule has 0 spiro atoms. The van der Waals surface area contributed by atoms with Gasteiger partial charge in [0.15, 0.2) is 0 Å². The molecule has 20 heavy (non-hydrogen) atoms. The predicted octanol–water partition coefficient (Wildman–Crippen LogP) is 4.55. The van der Waals surface area contributed by atoms with Crippen molar-refractivity contribution in [2.45, 2.75) is 19.6 Å². The molecule has 1 N–H and O–H groups in total. The van der Waals surface area contributed by atoms with Crippen LogP contribution >= 0.6 is 23.2 Å². The number of halogens is 2. The summed E-state index contributed by atoms with van der Waals surface area (Å²) in [5.41, 5.74) is 1.25. The second-order valence-corrected chi connectivity index (χ2v) is 5.46.